The molecule has 0 aromatic heterocycles. The second kappa shape index (κ2) is 23.9. The van der Waals surface area contributed by atoms with Gasteiger partial charge in [-0.1, -0.05) is 145 Å². The number of phenols is 6. The number of phenolic OH excluding ortho intramolecular Hbond substituents is 6. The van der Waals surface area contributed by atoms with E-state index < -0.39 is 0 Å². The molecule has 7 aromatic carbocycles. The van der Waals surface area contributed by atoms with E-state index in [9.17, 15) is 30.6 Å². The predicted octanol–water partition coefficient (Wildman–Crippen LogP) is 16.1. The Bertz CT molecular complexity index is 2520. The van der Waals surface area contributed by atoms with E-state index in [1.165, 1.54) is 35.1 Å². The van der Waals surface area contributed by atoms with Crippen molar-refractivity contribution in [2.24, 2.45) is 0 Å². The summed E-state index contributed by atoms with van der Waals surface area (Å²) in [5.74, 6) is 2.79. The first-order valence-electron chi connectivity index (χ1n) is 24.5. The molecule has 0 aliphatic rings. The first-order valence-corrected chi connectivity index (χ1v) is 24.5. The lowest BCUT2D eigenvalue weighted by Crippen LogP contribution is -2.30. The Morgan fingerprint density at radius 3 is 1.43 bits per heavy atom. The van der Waals surface area contributed by atoms with Crippen LogP contribution < -0.4 is 0 Å². The summed E-state index contributed by atoms with van der Waals surface area (Å²) in [4.78, 5) is 0. The van der Waals surface area contributed by atoms with Crippen LogP contribution in [0.4, 0.5) is 0 Å². The third-order valence-electron chi connectivity index (χ3n) is 14.0. The molecule has 0 saturated heterocycles. The van der Waals surface area contributed by atoms with Crippen LogP contribution in [0.25, 0.3) is 10.8 Å². The van der Waals surface area contributed by atoms with E-state index in [0.717, 1.165) is 97.2 Å². The van der Waals surface area contributed by atoms with Crippen molar-refractivity contribution >= 4 is 10.8 Å². The summed E-state index contributed by atoms with van der Waals surface area (Å²) in [6.07, 6.45) is 12.9. The molecule has 0 saturated carbocycles. The molecular weight excluding hydrogens is 829 g/mol. The van der Waals surface area contributed by atoms with Crippen LogP contribution in [-0.4, -0.2) is 30.6 Å². The van der Waals surface area contributed by atoms with Crippen LogP contribution in [0.15, 0.2) is 146 Å². The molecule has 0 amide bonds. The molecule has 2 atom stereocenters. The number of benzene rings is 7. The van der Waals surface area contributed by atoms with E-state index in [1.807, 2.05) is 72.8 Å². The normalized spacial score (nSPS) is 12.4. The molecule has 7 rings (SSSR count). The highest BCUT2D eigenvalue weighted by atomic mass is 16.3. The quantitative estimate of drug-likeness (QED) is 0.0424. The molecule has 0 heterocycles. The lowest BCUT2D eigenvalue weighted by atomic mass is 9.65. The lowest BCUT2D eigenvalue weighted by Gasteiger charge is -2.38. The van der Waals surface area contributed by atoms with Crippen molar-refractivity contribution in [1.29, 1.82) is 0 Å². The van der Waals surface area contributed by atoms with Gasteiger partial charge in [0.25, 0.3) is 0 Å². The fraction of sp³-hybridized carbons (Fsp3) is 0.344. The fourth-order valence-electron chi connectivity index (χ4n) is 10.4. The van der Waals surface area contributed by atoms with Crippen molar-refractivity contribution in [1.82, 2.24) is 0 Å². The number of unbranched alkanes of at least 4 members (excludes halogenated alkanes) is 4. The van der Waals surface area contributed by atoms with Crippen LogP contribution in [0.3, 0.4) is 0 Å². The maximum atomic E-state index is 10.2. The highest BCUT2D eigenvalue weighted by Crippen LogP contribution is 2.46. The minimum absolute atomic E-state index is 0.180. The number of aromatic hydroxyl groups is 6. The molecule has 0 aliphatic heterocycles. The monoisotopic (exact) mass is 901 g/mol. The highest BCUT2D eigenvalue weighted by molar-refractivity contribution is 5.91. The van der Waals surface area contributed by atoms with E-state index in [-0.39, 0.29) is 34.3 Å². The van der Waals surface area contributed by atoms with Crippen LogP contribution in [0.1, 0.15) is 160 Å². The van der Waals surface area contributed by atoms with E-state index in [2.05, 4.69) is 58.9 Å². The van der Waals surface area contributed by atoms with Gasteiger partial charge < -0.3 is 30.6 Å². The Labute approximate surface area is 399 Å². The summed E-state index contributed by atoms with van der Waals surface area (Å²) >= 11 is 0. The van der Waals surface area contributed by atoms with Gasteiger partial charge in [0.15, 0.2) is 0 Å². The van der Waals surface area contributed by atoms with Crippen LogP contribution in [-0.2, 0) is 5.41 Å². The Morgan fingerprint density at radius 1 is 0.448 bits per heavy atom. The van der Waals surface area contributed by atoms with Gasteiger partial charge in [-0.2, -0.15) is 0 Å². The second-order valence-corrected chi connectivity index (χ2v) is 18.8. The van der Waals surface area contributed by atoms with Crippen molar-refractivity contribution in [3.05, 3.63) is 190 Å². The third-order valence-corrected chi connectivity index (χ3v) is 14.0. The van der Waals surface area contributed by atoms with Crippen molar-refractivity contribution in [3.63, 3.8) is 0 Å². The summed E-state index contributed by atoms with van der Waals surface area (Å²) < 4.78 is 0. The summed E-state index contributed by atoms with van der Waals surface area (Å²) in [7, 11) is 0. The standard InChI is InChI=1S/C37H44O4.C24H28O2/c1-4-5-22-37(35-20-18-32(40)24-26(35)2,36-21-19-33(41)25-27(36)3)23-8-6-7-9-34(28-10-14-30(38)15-11-28)29-12-16-31(39)17-13-29;1-3-4-7-19(16-17(2)18-10-12-20(25)13-11-18)21-14-15-24(26)23-9-6-5-8-22(21)23/h10-21,24-25,34,38-41H,4-9,22-23H2,1-3H3;5-6,8-15,17,19,25-26H,3-4,7,16H2,1-2H3. The Balaban J connectivity index is 0.000000244. The molecule has 0 fully saturated rings. The number of hydrogen-bond donors (Lipinski definition) is 6. The molecule has 6 nitrogen and oxygen atoms in total. The topological polar surface area (TPSA) is 121 Å². The van der Waals surface area contributed by atoms with E-state index >= 15 is 0 Å². The SMILES string of the molecule is CCCCC(CC(C)c1ccc(O)cc1)c1ccc(O)c2ccccc12.CCCCC(CCCCCC(c1ccc(O)cc1)c1ccc(O)cc1)(c1ccc(O)cc1C)c1ccc(O)cc1C. The first-order chi connectivity index (χ1) is 32.3. The zero-order valence-electron chi connectivity index (χ0n) is 40.3. The highest BCUT2D eigenvalue weighted by Gasteiger charge is 2.36. The molecule has 0 radical (unpaired) electrons. The number of fused-ring (bicyclic) bond motifs is 1. The van der Waals surface area contributed by atoms with Crippen molar-refractivity contribution in [2.45, 2.75) is 135 Å². The van der Waals surface area contributed by atoms with Crippen LogP contribution in [0.2, 0.25) is 0 Å². The molecule has 0 aliphatic carbocycles. The van der Waals surface area contributed by atoms with E-state index in [1.54, 1.807) is 48.5 Å². The van der Waals surface area contributed by atoms with Gasteiger partial charge in [0.2, 0.25) is 0 Å². The first kappa shape index (κ1) is 50.0. The molecule has 6 heteroatoms. The number of aryl methyl sites for hydroxylation is 2. The van der Waals surface area contributed by atoms with Gasteiger partial charge in [-0.25, -0.2) is 0 Å². The van der Waals surface area contributed by atoms with Gasteiger partial charge in [-0.15, -0.1) is 0 Å². The van der Waals surface area contributed by atoms with Gasteiger partial charge in [-0.3, -0.25) is 0 Å². The predicted molar refractivity (Wildman–Crippen MR) is 276 cm³/mol. The third kappa shape index (κ3) is 12.9. The zero-order chi connectivity index (χ0) is 47.9. The van der Waals surface area contributed by atoms with Crippen molar-refractivity contribution in [3.8, 4) is 34.5 Å². The summed E-state index contributed by atoms with van der Waals surface area (Å²) in [5, 5.41) is 61.9. The summed E-state index contributed by atoms with van der Waals surface area (Å²) in [6, 6.07) is 46.1. The minimum atomic E-state index is -0.209. The van der Waals surface area contributed by atoms with Crippen molar-refractivity contribution < 1.29 is 30.6 Å². The Kier molecular flexibility index (Phi) is 17.8. The molecule has 352 valence electrons. The van der Waals surface area contributed by atoms with Crippen LogP contribution in [0, 0.1) is 13.8 Å². The smallest absolute Gasteiger partial charge is 0.123 e. The van der Waals surface area contributed by atoms with Gasteiger partial charge in [0.05, 0.1) is 0 Å². The molecular formula is C61H72O6. The Hall–Kier alpha value is -6.40. The van der Waals surface area contributed by atoms with Gasteiger partial charge in [0.1, 0.15) is 34.5 Å². The molecule has 2 unspecified atom stereocenters. The molecule has 0 bridgehead atoms. The molecule has 7 aromatic rings. The molecule has 6 N–H and O–H groups in total. The maximum absolute atomic E-state index is 10.2. The van der Waals surface area contributed by atoms with Gasteiger partial charge in [-0.05, 0) is 174 Å². The molecule has 67 heavy (non-hydrogen) atoms. The van der Waals surface area contributed by atoms with Crippen molar-refractivity contribution in [2.75, 3.05) is 0 Å². The summed E-state index contributed by atoms with van der Waals surface area (Å²) in [5.41, 5.74) is 9.38. The van der Waals surface area contributed by atoms with Gasteiger partial charge >= 0.3 is 0 Å². The fourth-order valence-corrected chi connectivity index (χ4v) is 10.4. The Morgan fingerprint density at radius 2 is 0.925 bits per heavy atom. The largest absolute Gasteiger partial charge is 0.508 e. The lowest BCUT2D eigenvalue weighted by molar-refractivity contribution is 0.392. The number of hydrogen-bond acceptors (Lipinski definition) is 6. The average molecular weight is 901 g/mol. The van der Waals surface area contributed by atoms with E-state index in [0.29, 0.717) is 23.3 Å². The maximum Gasteiger partial charge on any atom is 0.123 e. The second-order valence-electron chi connectivity index (χ2n) is 18.8. The van der Waals surface area contributed by atoms with Gasteiger partial charge in [0, 0.05) is 16.7 Å². The molecule has 0 spiro atoms. The van der Waals surface area contributed by atoms with Crippen LogP contribution in [0.5, 0.6) is 34.5 Å². The van der Waals surface area contributed by atoms with E-state index in [4.69, 9.17) is 0 Å². The zero-order valence-corrected chi connectivity index (χ0v) is 40.3. The van der Waals surface area contributed by atoms with Crippen LogP contribution >= 0.6 is 0 Å². The minimum Gasteiger partial charge on any atom is -0.508 e. The number of rotatable bonds is 20. The summed E-state index contributed by atoms with van der Waals surface area (Å²) in [6.45, 7) is 10.9. The average Bonchev–Trinajstić information content (AvgIpc) is 3.32.